The predicted molar refractivity (Wildman–Crippen MR) is 64.7 cm³/mol. The van der Waals surface area contributed by atoms with Crippen molar-refractivity contribution in [2.45, 2.75) is 18.9 Å². The minimum absolute atomic E-state index is 0.217. The second kappa shape index (κ2) is 4.13. The van der Waals surface area contributed by atoms with Crippen LogP contribution in [0.4, 0.5) is 4.79 Å². The maximum atomic E-state index is 11.2. The molecule has 1 aliphatic rings. The molecule has 18 heavy (non-hydrogen) atoms. The van der Waals surface area contributed by atoms with E-state index in [1.807, 2.05) is 0 Å². The highest BCUT2D eigenvalue weighted by atomic mass is 35.5. The molecule has 94 valence electrons. The van der Waals surface area contributed by atoms with Gasteiger partial charge in [0, 0.05) is 12.7 Å². The molecule has 1 aliphatic heterocycles. The Kier molecular flexibility index (Phi) is 2.59. The van der Waals surface area contributed by atoms with Crippen LogP contribution in [0.3, 0.4) is 0 Å². The predicted octanol–water partition coefficient (Wildman–Crippen LogP) is 2.20. The number of aromatic nitrogens is 3. The van der Waals surface area contributed by atoms with E-state index in [2.05, 4.69) is 9.97 Å². The number of carbonyl (C=O) groups is 1. The molecule has 7 heteroatoms. The Balaban J connectivity index is 2.09. The first-order valence-corrected chi connectivity index (χ1v) is 6.02. The van der Waals surface area contributed by atoms with Crippen LogP contribution in [0.2, 0.25) is 5.02 Å². The van der Waals surface area contributed by atoms with Crippen LogP contribution in [-0.4, -0.2) is 37.0 Å². The average molecular weight is 267 g/mol. The molecule has 3 rings (SSSR count). The summed E-state index contributed by atoms with van der Waals surface area (Å²) in [6.45, 7) is 0.545. The van der Waals surface area contributed by atoms with Gasteiger partial charge in [-0.25, -0.2) is 14.8 Å². The molecule has 0 spiro atoms. The summed E-state index contributed by atoms with van der Waals surface area (Å²) in [5.74, 6) is 0.680. The molecule has 2 aromatic heterocycles. The molecule has 1 fully saturated rings. The van der Waals surface area contributed by atoms with Crippen molar-refractivity contribution in [2.24, 2.45) is 0 Å². The number of fused-ring (bicyclic) bond motifs is 1. The summed E-state index contributed by atoms with van der Waals surface area (Å²) in [6, 6.07) is -0.217. The second-order valence-corrected chi connectivity index (χ2v) is 4.65. The molecule has 0 aliphatic carbocycles. The standard InChI is InChI=1S/C11H11ClN4O2/c12-7-4-13-6-16-9(7)5-14-10(16)8-2-1-3-15(8)11(17)18/h4-6,8H,1-3H2,(H,17,18). The van der Waals surface area contributed by atoms with Crippen LogP contribution in [0.1, 0.15) is 24.7 Å². The SMILES string of the molecule is O=C(O)N1CCCC1c1ncc2c(Cl)cncn12. The van der Waals surface area contributed by atoms with Gasteiger partial charge < -0.3 is 5.11 Å². The van der Waals surface area contributed by atoms with Crippen molar-refractivity contribution in [1.29, 1.82) is 0 Å². The summed E-state index contributed by atoms with van der Waals surface area (Å²) in [4.78, 5) is 20.9. The molecular weight excluding hydrogens is 256 g/mol. The lowest BCUT2D eigenvalue weighted by molar-refractivity contribution is 0.138. The molecule has 6 nitrogen and oxygen atoms in total. The first-order chi connectivity index (χ1) is 8.68. The molecule has 1 saturated heterocycles. The van der Waals surface area contributed by atoms with Gasteiger partial charge in [0.05, 0.1) is 22.8 Å². The van der Waals surface area contributed by atoms with Gasteiger partial charge in [-0.15, -0.1) is 0 Å². The number of nitrogens with zero attached hydrogens (tertiary/aromatic N) is 4. The van der Waals surface area contributed by atoms with Crippen molar-refractivity contribution in [2.75, 3.05) is 6.54 Å². The van der Waals surface area contributed by atoms with E-state index in [0.29, 0.717) is 17.4 Å². The first kappa shape index (κ1) is 11.3. The third kappa shape index (κ3) is 1.60. The Hall–Kier alpha value is -1.82. The maximum Gasteiger partial charge on any atom is 0.407 e. The number of hydrogen-bond donors (Lipinski definition) is 1. The van der Waals surface area contributed by atoms with Gasteiger partial charge in [0.15, 0.2) is 0 Å². The number of carboxylic acid groups (broad SMARTS) is 1. The van der Waals surface area contributed by atoms with Gasteiger partial charge in [-0.1, -0.05) is 11.6 Å². The van der Waals surface area contributed by atoms with E-state index in [9.17, 15) is 4.79 Å². The van der Waals surface area contributed by atoms with Crippen molar-refractivity contribution in [3.05, 3.63) is 29.6 Å². The Morgan fingerprint density at radius 1 is 1.50 bits per heavy atom. The summed E-state index contributed by atoms with van der Waals surface area (Å²) in [5.41, 5.74) is 0.749. The lowest BCUT2D eigenvalue weighted by Crippen LogP contribution is -2.29. The molecule has 2 aromatic rings. The van der Waals surface area contributed by atoms with Crippen molar-refractivity contribution in [1.82, 2.24) is 19.3 Å². The summed E-state index contributed by atoms with van der Waals surface area (Å²) in [5, 5.41) is 9.67. The smallest absolute Gasteiger partial charge is 0.407 e. The van der Waals surface area contributed by atoms with E-state index in [0.717, 1.165) is 18.4 Å². The normalized spacial score (nSPS) is 19.6. The Bertz CT molecular complexity index is 612. The minimum atomic E-state index is -0.913. The zero-order chi connectivity index (χ0) is 12.7. The van der Waals surface area contributed by atoms with E-state index >= 15 is 0 Å². The van der Waals surface area contributed by atoms with Crippen LogP contribution < -0.4 is 0 Å². The molecule has 3 heterocycles. The quantitative estimate of drug-likeness (QED) is 0.859. The molecule has 0 bridgehead atoms. The molecule has 1 N–H and O–H groups in total. The highest BCUT2D eigenvalue weighted by Gasteiger charge is 2.32. The number of rotatable bonds is 1. The van der Waals surface area contributed by atoms with E-state index < -0.39 is 6.09 Å². The largest absolute Gasteiger partial charge is 0.465 e. The summed E-state index contributed by atoms with van der Waals surface area (Å²) in [7, 11) is 0. The number of hydrogen-bond acceptors (Lipinski definition) is 3. The van der Waals surface area contributed by atoms with Crippen LogP contribution in [-0.2, 0) is 0 Å². The summed E-state index contributed by atoms with van der Waals surface area (Å²) >= 11 is 6.02. The lowest BCUT2D eigenvalue weighted by atomic mass is 10.2. The number of halogens is 1. The molecule has 0 radical (unpaired) electrons. The summed E-state index contributed by atoms with van der Waals surface area (Å²) in [6.07, 6.45) is 5.52. The van der Waals surface area contributed by atoms with Crippen molar-refractivity contribution < 1.29 is 9.90 Å². The zero-order valence-electron chi connectivity index (χ0n) is 9.45. The molecule has 1 unspecified atom stereocenters. The maximum absolute atomic E-state index is 11.2. The topological polar surface area (TPSA) is 70.7 Å². The minimum Gasteiger partial charge on any atom is -0.465 e. The molecule has 0 saturated carbocycles. The Labute approximate surface area is 108 Å². The van der Waals surface area contributed by atoms with E-state index in [-0.39, 0.29) is 6.04 Å². The van der Waals surface area contributed by atoms with Gasteiger partial charge in [0.2, 0.25) is 0 Å². The highest BCUT2D eigenvalue weighted by molar-refractivity contribution is 6.33. The molecule has 0 aromatic carbocycles. The van der Waals surface area contributed by atoms with Crippen LogP contribution in [0.5, 0.6) is 0 Å². The van der Waals surface area contributed by atoms with Crippen LogP contribution in [0.15, 0.2) is 18.7 Å². The van der Waals surface area contributed by atoms with Crippen LogP contribution in [0, 0.1) is 0 Å². The number of imidazole rings is 1. The first-order valence-electron chi connectivity index (χ1n) is 5.64. The van der Waals surface area contributed by atoms with Crippen molar-refractivity contribution in [3.63, 3.8) is 0 Å². The van der Waals surface area contributed by atoms with Gasteiger partial charge in [-0.3, -0.25) is 9.30 Å². The second-order valence-electron chi connectivity index (χ2n) is 4.25. The van der Waals surface area contributed by atoms with Gasteiger partial charge in [-0.05, 0) is 12.8 Å². The monoisotopic (exact) mass is 266 g/mol. The fourth-order valence-corrected chi connectivity index (χ4v) is 2.61. The van der Waals surface area contributed by atoms with Crippen molar-refractivity contribution in [3.8, 4) is 0 Å². The fraction of sp³-hybridized carbons (Fsp3) is 0.364. The van der Waals surface area contributed by atoms with E-state index in [1.165, 1.54) is 4.90 Å². The highest BCUT2D eigenvalue weighted by Crippen LogP contribution is 2.32. The number of amides is 1. The van der Waals surface area contributed by atoms with E-state index in [4.69, 9.17) is 16.7 Å². The lowest BCUT2D eigenvalue weighted by Gasteiger charge is -2.20. The molecular formula is C11H11ClN4O2. The van der Waals surface area contributed by atoms with Crippen molar-refractivity contribution >= 4 is 23.2 Å². The third-order valence-corrected chi connectivity index (χ3v) is 3.53. The number of likely N-dealkylation sites (tertiary alicyclic amines) is 1. The van der Waals surface area contributed by atoms with E-state index in [1.54, 1.807) is 23.1 Å². The van der Waals surface area contributed by atoms with Gasteiger partial charge in [-0.2, -0.15) is 0 Å². The van der Waals surface area contributed by atoms with Crippen LogP contribution >= 0.6 is 11.6 Å². The van der Waals surface area contributed by atoms with Gasteiger partial charge in [0.25, 0.3) is 0 Å². The van der Waals surface area contributed by atoms with Gasteiger partial charge >= 0.3 is 6.09 Å². The molecule has 1 atom stereocenters. The molecule has 1 amide bonds. The Morgan fingerprint density at radius 2 is 2.33 bits per heavy atom. The van der Waals surface area contributed by atoms with Crippen LogP contribution in [0.25, 0.3) is 5.52 Å². The average Bonchev–Trinajstić information content (AvgIpc) is 2.94. The zero-order valence-corrected chi connectivity index (χ0v) is 10.2. The Morgan fingerprint density at radius 3 is 3.11 bits per heavy atom. The summed E-state index contributed by atoms with van der Waals surface area (Å²) < 4.78 is 1.76. The fourth-order valence-electron chi connectivity index (χ4n) is 2.42. The van der Waals surface area contributed by atoms with Gasteiger partial charge in [0.1, 0.15) is 12.2 Å². The third-order valence-electron chi connectivity index (χ3n) is 3.24.